The molecule has 0 aliphatic rings. The summed E-state index contributed by atoms with van der Waals surface area (Å²) in [5, 5.41) is 24.2. The number of benzene rings is 3. The Morgan fingerprint density at radius 3 is 2.44 bits per heavy atom. The molecular formula is C35H36BrCl2N3O4. The Kier molecular flexibility index (Phi) is 12.5. The van der Waals surface area contributed by atoms with Gasteiger partial charge in [-0.05, 0) is 62.1 Å². The summed E-state index contributed by atoms with van der Waals surface area (Å²) >= 11 is 16.9. The van der Waals surface area contributed by atoms with Crippen LogP contribution in [0.4, 0.5) is 0 Å². The molecule has 4 aromatic rings. The maximum atomic E-state index is 9.72. The van der Waals surface area contributed by atoms with Crippen molar-refractivity contribution in [3.63, 3.8) is 0 Å². The minimum Gasteiger partial charge on any atom is -0.492 e. The topological polar surface area (TPSA) is 96.6 Å². The van der Waals surface area contributed by atoms with E-state index in [1.165, 1.54) is 6.20 Å². The smallest absolute Gasteiger partial charge is 0.142 e. The monoisotopic (exact) mass is 711 g/mol. The zero-order valence-electron chi connectivity index (χ0n) is 25.5. The number of rotatable bonds is 15. The van der Waals surface area contributed by atoms with Crippen molar-refractivity contribution in [3.8, 4) is 34.4 Å². The summed E-state index contributed by atoms with van der Waals surface area (Å²) < 4.78 is 18.4. The molecule has 1 aromatic heterocycles. The molecule has 0 bridgehead atoms. The van der Waals surface area contributed by atoms with Crippen LogP contribution in [0.1, 0.15) is 48.1 Å². The number of aliphatic hydroxyl groups excluding tert-OH is 1. The van der Waals surface area contributed by atoms with Crippen LogP contribution in [0.2, 0.25) is 10.0 Å². The van der Waals surface area contributed by atoms with Gasteiger partial charge in [0.2, 0.25) is 0 Å². The lowest BCUT2D eigenvalue weighted by molar-refractivity contribution is 0.186. The SMILES string of the molecule is Cc1c(COc2cc(OCc3cncc(C#N)c3)c(CNC(C)(C)CO)cc2Cl)cccc1-c1cccc(OCCCBr)c1Cl. The number of pyridine rings is 1. The first kappa shape index (κ1) is 34.6. The largest absolute Gasteiger partial charge is 0.492 e. The van der Waals surface area contributed by atoms with Crippen molar-refractivity contribution < 1.29 is 19.3 Å². The van der Waals surface area contributed by atoms with Crippen molar-refractivity contribution in [1.82, 2.24) is 10.3 Å². The maximum absolute atomic E-state index is 9.72. The highest BCUT2D eigenvalue weighted by molar-refractivity contribution is 9.09. The fourth-order valence-electron chi connectivity index (χ4n) is 4.49. The first-order valence-corrected chi connectivity index (χ1v) is 16.4. The molecule has 0 aliphatic heterocycles. The van der Waals surface area contributed by atoms with Gasteiger partial charge in [0.25, 0.3) is 0 Å². The van der Waals surface area contributed by atoms with E-state index in [0.717, 1.165) is 45.1 Å². The molecule has 0 unspecified atom stereocenters. The third-order valence-corrected chi connectivity index (χ3v) is 8.45. The molecule has 10 heteroatoms. The molecule has 0 aliphatic carbocycles. The lowest BCUT2D eigenvalue weighted by atomic mass is 9.96. The number of aliphatic hydroxyl groups is 1. The zero-order valence-corrected chi connectivity index (χ0v) is 28.6. The third-order valence-electron chi connectivity index (χ3n) is 7.20. The number of nitrogens with one attached hydrogen (secondary N) is 1. The number of hydrogen-bond donors (Lipinski definition) is 2. The molecule has 4 rings (SSSR count). The van der Waals surface area contributed by atoms with Gasteiger partial charge < -0.3 is 24.6 Å². The predicted molar refractivity (Wildman–Crippen MR) is 183 cm³/mol. The minimum absolute atomic E-state index is 0.0389. The van der Waals surface area contributed by atoms with Gasteiger partial charge in [-0.25, -0.2) is 0 Å². The fourth-order valence-corrected chi connectivity index (χ4v) is 5.24. The van der Waals surface area contributed by atoms with Crippen LogP contribution in [0.5, 0.6) is 17.2 Å². The number of nitriles is 1. The Morgan fingerprint density at radius 2 is 1.69 bits per heavy atom. The van der Waals surface area contributed by atoms with Gasteiger partial charge in [-0.3, -0.25) is 4.98 Å². The Hall–Kier alpha value is -3.32. The maximum Gasteiger partial charge on any atom is 0.142 e. The average Bonchev–Trinajstić information content (AvgIpc) is 3.04. The molecule has 0 fully saturated rings. The Labute approximate surface area is 283 Å². The van der Waals surface area contributed by atoms with Gasteiger partial charge in [0.1, 0.15) is 36.5 Å². The van der Waals surface area contributed by atoms with Crippen LogP contribution in [0.25, 0.3) is 11.1 Å². The minimum atomic E-state index is -0.505. The molecule has 0 atom stereocenters. The van der Waals surface area contributed by atoms with Crippen molar-refractivity contribution in [1.29, 1.82) is 5.26 Å². The first-order chi connectivity index (χ1) is 21.7. The highest BCUT2D eigenvalue weighted by Gasteiger charge is 2.19. The molecule has 236 valence electrons. The van der Waals surface area contributed by atoms with Gasteiger partial charge in [-0.2, -0.15) is 5.26 Å². The molecule has 7 nitrogen and oxygen atoms in total. The van der Waals surface area contributed by atoms with Gasteiger partial charge in [0.05, 0.1) is 28.8 Å². The van der Waals surface area contributed by atoms with E-state index in [9.17, 15) is 10.4 Å². The summed E-state index contributed by atoms with van der Waals surface area (Å²) in [6.07, 6.45) is 4.05. The number of alkyl halides is 1. The fraction of sp³-hybridized carbons (Fsp3) is 0.314. The van der Waals surface area contributed by atoms with E-state index in [1.807, 2.05) is 57.2 Å². The molecule has 1 heterocycles. The number of aromatic nitrogens is 1. The molecule has 2 N–H and O–H groups in total. The molecule has 3 aromatic carbocycles. The molecule has 0 spiro atoms. The van der Waals surface area contributed by atoms with E-state index >= 15 is 0 Å². The highest BCUT2D eigenvalue weighted by atomic mass is 79.9. The van der Waals surface area contributed by atoms with E-state index in [0.29, 0.717) is 46.0 Å². The number of hydrogen-bond acceptors (Lipinski definition) is 7. The van der Waals surface area contributed by atoms with E-state index < -0.39 is 5.54 Å². The van der Waals surface area contributed by atoms with E-state index in [2.05, 4.69) is 32.3 Å². The second-order valence-electron chi connectivity index (χ2n) is 11.2. The van der Waals surface area contributed by atoms with E-state index in [-0.39, 0.29) is 19.8 Å². The Morgan fingerprint density at radius 1 is 0.933 bits per heavy atom. The molecule has 45 heavy (non-hydrogen) atoms. The quantitative estimate of drug-likeness (QED) is 0.0944. The van der Waals surface area contributed by atoms with Crippen LogP contribution in [0, 0.1) is 18.3 Å². The van der Waals surface area contributed by atoms with E-state index in [1.54, 1.807) is 24.4 Å². The van der Waals surface area contributed by atoms with Crippen molar-refractivity contribution in [3.05, 3.63) is 105 Å². The summed E-state index contributed by atoms with van der Waals surface area (Å²) in [5.41, 5.74) is 5.38. The summed E-state index contributed by atoms with van der Waals surface area (Å²) in [6.45, 7) is 7.25. The predicted octanol–water partition coefficient (Wildman–Crippen LogP) is 8.42. The van der Waals surface area contributed by atoms with Crippen LogP contribution in [0.15, 0.2) is 67.0 Å². The lowest BCUT2D eigenvalue weighted by Crippen LogP contribution is -2.42. The summed E-state index contributed by atoms with van der Waals surface area (Å²) in [6, 6.07) is 19.3. The molecule has 0 saturated carbocycles. The zero-order chi connectivity index (χ0) is 32.4. The van der Waals surface area contributed by atoms with Crippen molar-refractivity contribution in [2.24, 2.45) is 0 Å². The second-order valence-corrected chi connectivity index (χ2v) is 12.7. The van der Waals surface area contributed by atoms with Crippen LogP contribution >= 0.6 is 39.1 Å². The second kappa shape index (κ2) is 16.3. The Balaban J connectivity index is 1.58. The van der Waals surface area contributed by atoms with Gasteiger partial charge in [-0.1, -0.05) is 69.5 Å². The van der Waals surface area contributed by atoms with Gasteiger partial charge in [0, 0.05) is 52.6 Å². The number of halogens is 3. The summed E-state index contributed by atoms with van der Waals surface area (Å²) in [4.78, 5) is 4.12. The summed E-state index contributed by atoms with van der Waals surface area (Å²) in [5.74, 6) is 1.68. The van der Waals surface area contributed by atoms with E-state index in [4.69, 9.17) is 37.4 Å². The standard InChI is InChI=1S/C35H36BrCl2N3O4/c1-23-26(7-4-8-28(23)29-9-5-10-31(34(29)38)43-12-6-11-36)21-45-33-15-32(44-20-25-13-24(16-39)17-40-18-25)27(14-30(33)37)19-41-35(2,3)22-42/h4-5,7-10,13-15,17-18,41-42H,6,11-12,19-22H2,1-3H3. The Bertz CT molecular complexity index is 1660. The third kappa shape index (κ3) is 9.35. The van der Waals surface area contributed by atoms with Gasteiger partial charge in [0.15, 0.2) is 0 Å². The van der Waals surface area contributed by atoms with Crippen LogP contribution in [-0.2, 0) is 19.8 Å². The highest BCUT2D eigenvalue weighted by Crippen LogP contribution is 2.38. The van der Waals surface area contributed by atoms with Crippen molar-refractivity contribution in [2.75, 3.05) is 18.5 Å². The number of nitrogens with zero attached hydrogens (tertiary/aromatic N) is 2. The van der Waals surface area contributed by atoms with Crippen molar-refractivity contribution in [2.45, 2.75) is 52.5 Å². The molecular weight excluding hydrogens is 677 g/mol. The van der Waals surface area contributed by atoms with Crippen LogP contribution < -0.4 is 19.5 Å². The van der Waals surface area contributed by atoms with Crippen molar-refractivity contribution >= 4 is 39.1 Å². The van der Waals surface area contributed by atoms with Gasteiger partial charge in [-0.15, -0.1) is 0 Å². The first-order valence-electron chi connectivity index (χ1n) is 14.5. The molecule has 0 amide bonds. The van der Waals surface area contributed by atoms with Crippen LogP contribution in [0.3, 0.4) is 0 Å². The normalized spacial score (nSPS) is 11.2. The lowest BCUT2D eigenvalue weighted by Gasteiger charge is -2.25. The molecule has 0 saturated heterocycles. The van der Waals surface area contributed by atoms with Gasteiger partial charge >= 0.3 is 0 Å². The summed E-state index contributed by atoms with van der Waals surface area (Å²) in [7, 11) is 0. The average molecular weight is 714 g/mol. The van der Waals surface area contributed by atoms with Crippen LogP contribution in [-0.4, -0.2) is 34.2 Å². The molecule has 0 radical (unpaired) electrons. The number of ether oxygens (including phenoxy) is 3.